The molecule has 1 heterocycles. The summed E-state index contributed by atoms with van der Waals surface area (Å²) >= 11 is 1.55. The van der Waals surface area contributed by atoms with Crippen LogP contribution in [-0.2, 0) is 4.79 Å². The number of aliphatic carboxylic acids is 1. The molecular formula is C8H9NO2S. The number of carbonyl (C=O) groups is 1. The maximum atomic E-state index is 10.1. The molecule has 0 saturated heterocycles. The Bertz CT molecular complexity index is 304. The average molecular weight is 183 g/mol. The van der Waals surface area contributed by atoms with Crippen LogP contribution in [0, 0.1) is 6.92 Å². The summed E-state index contributed by atoms with van der Waals surface area (Å²) in [5.74, 6) is -0.820. The molecule has 0 atom stereocenters. The van der Waals surface area contributed by atoms with Crippen LogP contribution < -0.4 is 0 Å². The second kappa shape index (κ2) is 4.01. The van der Waals surface area contributed by atoms with Crippen molar-refractivity contribution in [3.05, 3.63) is 22.2 Å². The Morgan fingerprint density at radius 2 is 2.58 bits per heavy atom. The third-order valence-corrected chi connectivity index (χ3v) is 2.07. The van der Waals surface area contributed by atoms with Crippen LogP contribution in [0.3, 0.4) is 0 Å². The molecule has 1 aromatic rings. The lowest BCUT2D eigenvalue weighted by Crippen LogP contribution is -1.89. The second-order valence-electron chi connectivity index (χ2n) is 2.31. The number of carboxylic acids is 1. The number of aryl methyl sites for hydroxylation is 1. The Labute approximate surface area is 74.4 Å². The minimum atomic E-state index is -0.820. The monoisotopic (exact) mass is 183 g/mol. The van der Waals surface area contributed by atoms with Crippen LogP contribution in [0.5, 0.6) is 0 Å². The lowest BCUT2D eigenvalue weighted by molar-refractivity contribution is -0.135. The van der Waals surface area contributed by atoms with Gasteiger partial charge in [0.15, 0.2) is 0 Å². The van der Waals surface area contributed by atoms with Gasteiger partial charge in [-0.15, -0.1) is 11.3 Å². The molecule has 0 aliphatic rings. The van der Waals surface area contributed by atoms with Gasteiger partial charge >= 0.3 is 5.97 Å². The molecule has 0 saturated carbocycles. The van der Waals surface area contributed by atoms with E-state index in [4.69, 9.17) is 5.11 Å². The fourth-order valence-electron chi connectivity index (χ4n) is 0.710. The van der Waals surface area contributed by atoms with E-state index in [1.54, 1.807) is 29.7 Å². The van der Waals surface area contributed by atoms with E-state index in [9.17, 15) is 4.79 Å². The van der Waals surface area contributed by atoms with Gasteiger partial charge in [0.25, 0.3) is 0 Å². The molecule has 12 heavy (non-hydrogen) atoms. The van der Waals surface area contributed by atoms with Crippen molar-refractivity contribution in [2.24, 2.45) is 0 Å². The first-order chi connectivity index (χ1) is 5.68. The molecule has 64 valence electrons. The number of thiazole rings is 1. The zero-order chi connectivity index (χ0) is 8.97. The summed E-state index contributed by atoms with van der Waals surface area (Å²) in [6.45, 7) is 1.96. The molecule has 1 aromatic heterocycles. The van der Waals surface area contributed by atoms with Crippen LogP contribution in [0.1, 0.15) is 16.3 Å². The van der Waals surface area contributed by atoms with E-state index < -0.39 is 5.97 Å². The predicted octanol–water partition coefficient (Wildman–Crippen LogP) is 1.94. The summed E-state index contributed by atoms with van der Waals surface area (Å²) in [6, 6.07) is 0. The lowest BCUT2D eigenvalue weighted by Gasteiger charge is -1.82. The van der Waals surface area contributed by atoms with E-state index in [1.807, 2.05) is 6.92 Å². The fourth-order valence-corrected chi connectivity index (χ4v) is 1.41. The second-order valence-corrected chi connectivity index (χ2v) is 3.58. The van der Waals surface area contributed by atoms with Crippen molar-refractivity contribution in [1.82, 2.24) is 4.98 Å². The Morgan fingerprint density at radius 3 is 3.08 bits per heavy atom. The van der Waals surface area contributed by atoms with Gasteiger partial charge in [-0.25, -0.2) is 4.98 Å². The smallest absolute Gasteiger partial charge is 0.307 e. The Morgan fingerprint density at radius 1 is 1.83 bits per heavy atom. The van der Waals surface area contributed by atoms with Crippen molar-refractivity contribution in [2.75, 3.05) is 0 Å². The van der Waals surface area contributed by atoms with Crippen LogP contribution in [-0.4, -0.2) is 16.1 Å². The molecule has 0 fully saturated rings. The third-order valence-electron chi connectivity index (χ3n) is 1.19. The van der Waals surface area contributed by atoms with Crippen LogP contribution in [0.15, 0.2) is 12.3 Å². The molecule has 3 nitrogen and oxygen atoms in total. The molecule has 0 aliphatic carbocycles. The Hall–Kier alpha value is -1.16. The molecule has 0 bridgehead atoms. The van der Waals surface area contributed by atoms with Gasteiger partial charge < -0.3 is 5.11 Å². The van der Waals surface area contributed by atoms with Crippen LogP contribution in [0.4, 0.5) is 0 Å². The van der Waals surface area contributed by atoms with E-state index in [2.05, 4.69) is 4.98 Å². The number of carboxylic acid groups (broad SMARTS) is 1. The molecule has 0 amide bonds. The number of hydrogen-bond donors (Lipinski definition) is 1. The molecule has 0 radical (unpaired) electrons. The normalized spacial score (nSPS) is 10.8. The maximum absolute atomic E-state index is 10.1. The van der Waals surface area contributed by atoms with E-state index >= 15 is 0 Å². The van der Waals surface area contributed by atoms with Gasteiger partial charge in [0.05, 0.1) is 6.42 Å². The lowest BCUT2D eigenvalue weighted by atomic mass is 10.4. The van der Waals surface area contributed by atoms with Crippen LogP contribution >= 0.6 is 11.3 Å². The Kier molecular flexibility index (Phi) is 2.99. The van der Waals surface area contributed by atoms with E-state index in [1.165, 1.54) is 0 Å². The molecule has 1 rings (SSSR count). The first kappa shape index (κ1) is 8.93. The largest absolute Gasteiger partial charge is 0.481 e. The van der Waals surface area contributed by atoms with E-state index in [0.717, 1.165) is 9.88 Å². The highest BCUT2D eigenvalue weighted by Crippen LogP contribution is 2.12. The zero-order valence-electron chi connectivity index (χ0n) is 6.65. The molecule has 4 heteroatoms. The van der Waals surface area contributed by atoms with Crippen molar-refractivity contribution in [2.45, 2.75) is 13.3 Å². The van der Waals surface area contributed by atoms with Crippen LogP contribution in [0.2, 0.25) is 0 Å². The summed E-state index contributed by atoms with van der Waals surface area (Å²) in [4.78, 5) is 15.3. The topological polar surface area (TPSA) is 50.2 Å². The number of aromatic nitrogens is 1. The number of rotatable bonds is 3. The number of nitrogens with zero attached hydrogens (tertiary/aromatic N) is 1. The van der Waals surface area contributed by atoms with Gasteiger partial charge in [0.1, 0.15) is 5.01 Å². The van der Waals surface area contributed by atoms with Crippen molar-refractivity contribution >= 4 is 23.4 Å². The molecular weight excluding hydrogens is 174 g/mol. The van der Waals surface area contributed by atoms with E-state index in [0.29, 0.717) is 0 Å². The van der Waals surface area contributed by atoms with Crippen molar-refractivity contribution < 1.29 is 9.90 Å². The summed E-state index contributed by atoms with van der Waals surface area (Å²) in [5.41, 5.74) is 0. The quantitative estimate of drug-likeness (QED) is 0.779. The van der Waals surface area contributed by atoms with Gasteiger partial charge in [0.2, 0.25) is 0 Å². The van der Waals surface area contributed by atoms with Crippen molar-refractivity contribution in [1.29, 1.82) is 0 Å². The zero-order valence-corrected chi connectivity index (χ0v) is 7.47. The van der Waals surface area contributed by atoms with Crippen molar-refractivity contribution in [3.8, 4) is 0 Å². The maximum Gasteiger partial charge on any atom is 0.307 e. The predicted molar refractivity (Wildman–Crippen MR) is 48.1 cm³/mol. The SMILES string of the molecule is Cc1cnc(C=CCC(=O)O)s1. The molecule has 0 unspecified atom stereocenters. The molecule has 1 N–H and O–H groups in total. The molecule has 0 aliphatic heterocycles. The molecule has 0 spiro atoms. The standard InChI is InChI=1S/C8H9NO2S/c1-6-5-9-7(12-6)3-2-4-8(10)11/h2-3,5H,4H2,1H3,(H,10,11). The first-order valence-corrected chi connectivity index (χ1v) is 4.31. The highest BCUT2D eigenvalue weighted by molar-refractivity contribution is 7.12. The van der Waals surface area contributed by atoms with Gasteiger partial charge in [0, 0.05) is 11.1 Å². The highest BCUT2D eigenvalue weighted by atomic mass is 32.1. The Balaban J connectivity index is 2.52. The highest BCUT2D eigenvalue weighted by Gasteiger charge is 1.93. The first-order valence-electron chi connectivity index (χ1n) is 3.49. The number of hydrogen-bond acceptors (Lipinski definition) is 3. The van der Waals surface area contributed by atoms with Gasteiger partial charge in [-0.2, -0.15) is 0 Å². The average Bonchev–Trinajstić information content (AvgIpc) is 2.35. The van der Waals surface area contributed by atoms with Crippen LogP contribution in [0.25, 0.3) is 6.08 Å². The third kappa shape index (κ3) is 2.84. The summed E-state index contributed by atoms with van der Waals surface area (Å²) in [6.07, 6.45) is 5.15. The summed E-state index contributed by atoms with van der Waals surface area (Å²) in [5, 5.41) is 9.18. The van der Waals surface area contributed by atoms with Crippen molar-refractivity contribution in [3.63, 3.8) is 0 Å². The van der Waals surface area contributed by atoms with E-state index in [-0.39, 0.29) is 6.42 Å². The molecule has 0 aromatic carbocycles. The minimum Gasteiger partial charge on any atom is -0.481 e. The fraction of sp³-hybridized carbons (Fsp3) is 0.250. The van der Waals surface area contributed by atoms with Gasteiger partial charge in [-0.05, 0) is 13.0 Å². The minimum absolute atomic E-state index is 0.0542. The van der Waals surface area contributed by atoms with Gasteiger partial charge in [-0.1, -0.05) is 6.08 Å². The summed E-state index contributed by atoms with van der Waals surface area (Å²) < 4.78 is 0. The van der Waals surface area contributed by atoms with Gasteiger partial charge in [-0.3, -0.25) is 4.79 Å². The summed E-state index contributed by atoms with van der Waals surface area (Å²) in [7, 11) is 0.